The largest absolute Gasteiger partial charge is 0.337 e. The molecular formula is C16H21N5O3S. The number of carbonyl (C=O) groups is 1. The van der Waals surface area contributed by atoms with Crippen LogP contribution in [0.2, 0.25) is 0 Å². The number of sulfonamides is 1. The number of rotatable bonds is 5. The van der Waals surface area contributed by atoms with Gasteiger partial charge in [0.1, 0.15) is 5.82 Å². The number of nitrogens with two attached hydrogens (primary N) is 1. The van der Waals surface area contributed by atoms with Crippen LogP contribution in [0.4, 0.5) is 10.5 Å². The molecular weight excluding hydrogens is 342 g/mol. The summed E-state index contributed by atoms with van der Waals surface area (Å²) in [6, 6.07) is 5.74. The van der Waals surface area contributed by atoms with Crippen molar-refractivity contribution in [3.63, 3.8) is 0 Å². The second kappa shape index (κ2) is 7.58. The van der Waals surface area contributed by atoms with Crippen molar-refractivity contribution >= 4 is 21.7 Å². The number of carbonyl (C=O) groups excluding carboxylic acids is 1. The van der Waals surface area contributed by atoms with Crippen LogP contribution < -0.4 is 15.8 Å². The molecule has 1 heterocycles. The van der Waals surface area contributed by atoms with E-state index in [9.17, 15) is 13.2 Å². The highest BCUT2D eigenvalue weighted by Crippen LogP contribution is 2.19. The number of hydrogen-bond acceptors (Lipinski definition) is 5. The maximum Gasteiger partial charge on any atom is 0.319 e. The lowest BCUT2D eigenvalue weighted by molar-refractivity contribution is 0.252. The first-order valence-corrected chi connectivity index (χ1v) is 9.19. The molecule has 0 bridgehead atoms. The Morgan fingerprint density at radius 3 is 2.36 bits per heavy atom. The van der Waals surface area contributed by atoms with E-state index in [2.05, 4.69) is 20.6 Å². The third-order valence-electron chi connectivity index (χ3n) is 3.45. The van der Waals surface area contributed by atoms with Crippen LogP contribution in [0.15, 0.2) is 29.2 Å². The normalized spacial score (nSPS) is 11.2. The molecule has 2 amide bonds. The van der Waals surface area contributed by atoms with E-state index in [-0.39, 0.29) is 4.90 Å². The van der Waals surface area contributed by atoms with Crippen molar-refractivity contribution < 1.29 is 13.2 Å². The minimum Gasteiger partial charge on any atom is -0.337 e. The fourth-order valence-corrected chi connectivity index (χ4v) is 2.82. The smallest absolute Gasteiger partial charge is 0.319 e. The number of hydrogen-bond donors (Lipinski definition) is 3. The minimum atomic E-state index is -3.83. The van der Waals surface area contributed by atoms with Crippen LogP contribution in [-0.2, 0) is 16.4 Å². The van der Waals surface area contributed by atoms with Crippen molar-refractivity contribution in [2.75, 3.05) is 11.9 Å². The van der Waals surface area contributed by atoms with Crippen LogP contribution in [0.25, 0.3) is 0 Å². The predicted molar refractivity (Wildman–Crippen MR) is 94.8 cm³/mol. The summed E-state index contributed by atoms with van der Waals surface area (Å²) < 4.78 is 22.8. The Labute approximate surface area is 146 Å². The van der Waals surface area contributed by atoms with Gasteiger partial charge in [-0.05, 0) is 44.5 Å². The van der Waals surface area contributed by atoms with Gasteiger partial charge in [0, 0.05) is 30.0 Å². The van der Waals surface area contributed by atoms with E-state index in [1.165, 1.54) is 12.1 Å². The van der Waals surface area contributed by atoms with E-state index in [1.807, 2.05) is 19.9 Å². The van der Waals surface area contributed by atoms with Crippen LogP contribution in [-0.4, -0.2) is 31.0 Å². The number of amides is 2. The Kier molecular flexibility index (Phi) is 5.70. The molecule has 2 aromatic rings. The molecule has 134 valence electrons. The highest BCUT2D eigenvalue weighted by atomic mass is 32.2. The lowest BCUT2D eigenvalue weighted by atomic mass is 10.2. The molecule has 2 rings (SSSR count). The van der Waals surface area contributed by atoms with Crippen LogP contribution in [0, 0.1) is 20.8 Å². The summed E-state index contributed by atoms with van der Waals surface area (Å²) in [6.45, 7) is 5.88. The predicted octanol–water partition coefficient (Wildman–Crippen LogP) is 1.41. The average molecular weight is 363 g/mol. The van der Waals surface area contributed by atoms with E-state index >= 15 is 0 Å². The number of primary sulfonamides is 1. The average Bonchev–Trinajstić information content (AvgIpc) is 2.47. The summed E-state index contributed by atoms with van der Waals surface area (Å²) in [6.07, 6.45) is 0.492. The van der Waals surface area contributed by atoms with Gasteiger partial charge >= 0.3 is 6.03 Å². The Bertz CT molecular complexity index is 876. The summed E-state index contributed by atoms with van der Waals surface area (Å²) in [4.78, 5) is 20.6. The summed E-state index contributed by atoms with van der Waals surface area (Å²) in [7, 11) is -3.83. The molecule has 0 unspecified atom stereocenters. The number of aromatic nitrogens is 2. The first-order valence-electron chi connectivity index (χ1n) is 7.64. The standard InChI is InChI=1S/C16H21N5O3S/c1-10-4-5-13(25(17,23)24)9-14(10)21-16(22)18-7-6-15-19-11(2)8-12(3)20-15/h4-5,8-9H,6-7H2,1-3H3,(H2,17,23,24)(H2,18,21,22). The van der Waals surface area contributed by atoms with Crippen LogP contribution in [0.1, 0.15) is 22.8 Å². The van der Waals surface area contributed by atoms with Gasteiger partial charge in [0.15, 0.2) is 0 Å². The van der Waals surface area contributed by atoms with Crippen molar-refractivity contribution in [1.29, 1.82) is 0 Å². The Morgan fingerprint density at radius 1 is 1.12 bits per heavy atom. The second-order valence-electron chi connectivity index (χ2n) is 5.72. The van der Waals surface area contributed by atoms with Gasteiger partial charge in [0.05, 0.1) is 4.90 Å². The maximum absolute atomic E-state index is 12.0. The number of nitrogens with zero attached hydrogens (tertiary/aromatic N) is 2. The van der Waals surface area contributed by atoms with E-state index in [0.717, 1.165) is 17.0 Å². The molecule has 0 fully saturated rings. The first kappa shape index (κ1) is 18.8. The number of anilines is 1. The van der Waals surface area contributed by atoms with Crippen LogP contribution >= 0.6 is 0 Å². The summed E-state index contributed by atoms with van der Waals surface area (Å²) in [5.41, 5.74) is 2.86. The van der Waals surface area contributed by atoms with Crippen molar-refractivity contribution in [1.82, 2.24) is 15.3 Å². The van der Waals surface area contributed by atoms with Gasteiger partial charge in [-0.1, -0.05) is 6.07 Å². The van der Waals surface area contributed by atoms with Gasteiger partial charge in [-0.25, -0.2) is 28.3 Å². The molecule has 0 saturated heterocycles. The maximum atomic E-state index is 12.0. The molecule has 0 atom stereocenters. The van der Waals surface area contributed by atoms with Crippen molar-refractivity contribution in [2.45, 2.75) is 32.1 Å². The van der Waals surface area contributed by atoms with E-state index < -0.39 is 16.1 Å². The molecule has 0 saturated carbocycles. The molecule has 4 N–H and O–H groups in total. The van der Waals surface area contributed by atoms with Gasteiger partial charge in [0.25, 0.3) is 0 Å². The number of aryl methyl sites for hydroxylation is 3. The molecule has 0 spiro atoms. The summed E-state index contributed by atoms with van der Waals surface area (Å²) in [5.74, 6) is 0.658. The lowest BCUT2D eigenvalue weighted by Gasteiger charge is -2.11. The van der Waals surface area contributed by atoms with E-state index in [1.54, 1.807) is 13.0 Å². The Morgan fingerprint density at radius 2 is 1.76 bits per heavy atom. The minimum absolute atomic E-state index is 0.0583. The lowest BCUT2D eigenvalue weighted by Crippen LogP contribution is -2.31. The van der Waals surface area contributed by atoms with E-state index in [4.69, 9.17) is 5.14 Å². The van der Waals surface area contributed by atoms with Crippen LogP contribution in [0.5, 0.6) is 0 Å². The fourth-order valence-electron chi connectivity index (χ4n) is 2.28. The molecule has 0 aliphatic rings. The SMILES string of the molecule is Cc1cc(C)nc(CCNC(=O)Nc2cc(S(N)(=O)=O)ccc2C)n1. The second-order valence-corrected chi connectivity index (χ2v) is 7.28. The summed E-state index contributed by atoms with van der Waals surface area (Å²) >= 11 is 0. The first-order chi connectivity index (χ1) is 11.6. The Balaban J connectivity index is 1.96. The van der Waals surface area contributed by atoms with Gasteiger partial charge in [-0.3, -0.25) is 0 Å². The van der Waals surface area contributed by atoms with Gasteiger partial charge in [-0.2, -0.15) is 0 Å². The zero-order chi connectivity index (χ0) is 18.6. The van der Waals surface area contributed by atoms with Crippen molar-refractivity contribution in [3.05, 3.63) is 47.0 Å². The molecule has 9 heteroatoms. The molecule has 8 nitrogen and oxygen atoms in total. The third kappa shape index (κ3) is 5.50. The molecule has 25 heavy (non-hydrogen) atoms. The molecule has 0 radical (unpaired) electrons. The van der Waals surface area contributed by atoms with Gasteiger partial charge in [0.2, 0.25) is 10.0 Å². The highest BCUT2D eigenvalue weighted by molar-refractivity contribution is 7.89. The topological polar surface area (TPSA) is 127 Å². The zero-order valence-electron chi connectivity index (χ0n) is 14.3. The molecule has 0 aliphatic carbocycles. The number of nitrogens with one attached hydrogen (secondary N) is 2. The van der Waals surface area contributed by atoms with Crippen molar-refractivity contribution in [3.8, 4) is 0 Å². The Hall–Kier alpha value is -2.52. The molecule has 0 aliphatic heterocycles. The zero-order valence-corrected chi connectivity index (χ0v) is 15.1. The summed E-state index contributed by atoms with van der Waals surface area (Å²) in [5, 5.41) is 10.4. The third-order valence-corrected chi connectivity index (χ3v) is 4.36. The highest BCUT2D eigenvalue weighted by Gasteiger charge is 2.11. The monoisotopic (exact) mass is 363 g/mol. The quantitative estimate of drug-likeness (QED) is 0.740. The van der Waals surface area contributed by atoms with Crippen molar-refractivity contribution in [2.24, 2.45) is 5.14 Å². The van der Waals surface area contributed by atoms with E-state index in [0.29, 0.717) is 24.5 Å². The number of urea groups is 1. The van der Waals surface area contributed by atoms with Gasteiger partial charge in [-0.15, -0.1) is 0 Å². The van der Waals surface area contributed by atoms with Crippen LogP contribution in [0.3, 0.4) is 0 Å². The molecule has 1 aromatic heterocycles. The number of benzene rings is 1. The fraction of sp³-hybridized carbons (Fsp3) is 0.312. The molecule has 1 aromatic carbocycles. The van der Waals surface area contributed by atoms with Gasteiger partial charge < -0.3 is 10.6 Å².